The van der Waals surface area contributed by atoms with Crippen LogP contribution in [0.1, 0.15) is 284 Å². The van der Waals surface area contributed by atoms with Crippen LogP contribution in [0.2, 0.25) is 0 Å². The molecule has 1 unspecified atom stereocenters. The fourth-order valence-electron chi connectivity index (χ4n) is 8.27. The average molecular weight is 1000 g/mol. The van der Waals surface area contributed by atoms with Crippen LogP contribution in [-0.2, 0) is 28.6 Å². The Morgan fingerprint density at radius 1 is 0.292 bits per heavy atom. The highest BCUT2D eigenvalue weighted by molar-refractivity contribution is 5.71. The second-order valence-corrected chi connectivity index (χ2v) is 19.9. The molecule has 0 aromatic rings. The molecular weight excluding hydrogens is 889 g/mol. The van der Waals surface area contributed by atoms with Gasteiger partial charge in [0.2, 0.25) is 0 Å². The molecular formula is C66H112O6. The van der Waals surface area contributed by atoms with Gasteiger partial charge in [0.1, 0.15) is 13.2 Å². The van der Waals surface area contributed by atoms with Crippen LogP contribution >= 0.6 is 0 Å². The van der Waals surface area contributed by atoms with Crippen LogP contribution in [0.3, 0.4) is 0 Å². The van der Waals surface area contributed by atoms with Crippen LogP contribution in [-0.4, -0.2) is 37.2 Å². The molecule has 0 N–H and O–H groups in total. The normalized spacial score (nSPS) is 12.8. The number of carbonyl (C=O) groups excluding carboxylic acids is 3. The summed E-state index contributed by atoms with van der Waals surface area (Å²) in [4.78, 5) is 38.2. The van der Waals surface area contributed by atoms with Gasteiger partial charge >= 0.3 is 17.9 Å². The topological polar surface area (TPSA) is 78.9 Å². The molecule has 0 aromatic heterocycles. The Labute approximate surface area is 445 Å². The summed E-state index contributed by atoms with van der Waals surface area (Å²) in [5.41, 5.74) is 0. The third kappa shape index (κ3) is 57.2. The molecule has 0 heterocycles. The third-order valence-electron chi connectivity index (χ3n) is 12.8. The van der Waals surface area contributed by atoms with Gasteiger partial charge in [0, 0.05) is 19.3 Å². The molecule has 6 nitrogen and oxygen atoms in total. The van der Waals surface area contributed by atoms with Gasteiger partial charge in [0.25, 0.3) is 0 Å². The lowest BCUT2D eigenvalue weighted by atomic mass is 10.1. The Hall–Kier alpha value is -3.67. The fourth-order valence-corrected chi connectivity index (χ4v) is 8.27. The van der Waals surface area contributed by atoms with Crippen molar-refractivity contribution >= 4 is 17.9 Å². The van der Waals surface area contributed by atoms with Gasteiger partial charge in [-0.15, -0.1) is 0 Å². The smallest absolute Gasteiger partial charge is 0.306 e. The quantitative estimate of drug-likeness (QED) is 0.0261. The molecule has 0 aliphatic rings. The number of rotatable bonds is 54. The van der Waals surface area contributed by atoms with Gasteiger partial charge in [0.15, 0.2) is 6.10 Å². The minimum Gasteiger partial charge on any atom is -0.462 e. The van der Waals surface area contributed by atoms with Crippen LogP contribution in [0.15, 0.2) is 97.2 Å². The molecule has 412 valence electrons. The number of carbonyl (C=O) groups is 3. The summed E-state index contributed by atoms with van der Waals surface area (Å²) in [5, 5.41) is 0. The van der Waals surface area contributed by atoms with Gasteiger partial charge in [-0.3, -0.25) is 14.4 Å². The minimum atomic E-state index is -0.807. The first kappa shape index (κ1) is 68.3. The van der Waals surface area contributed by atoms with E-state index in [1.54, 1.807) is 0 Å². The molecule has 6 heteroatoms. The van der Waals surface area contributed by atoms with E-state index in [-0.39, 0.29) is 37.5 Å². The summed E-state index contributed by atoms with van der Waals surface area (Å²) in [6, 6.07) is 0. The van der Waals surface area contributed by atoms with Crippen molar-refractivity contribution in [2.75, 3.05) is 13.2 Å². The molecule has 0 saturated carbocycles. The van der Waals surface area contributed by atoms with Crippen molar-refractivity contribution in [2.24, 2.45) is 0 Å². The van der Waals surface area contributed by atoms with Gasteiger partial charge in [0.05, 0.1) is 0 Å². The zero-order valence-electron chi connectivity index (χ0n) is 47.2. The van der Waals surface area contributed by atoms with Crippen molar-refractivity contribution in [3.05, 3.63) is 97.2 Å². The highest BCUT2D eigenvalue weighted by Crippen LogP contribution is 2.15. The van der Waals surface area contributed by atoms with Gasteiger partial charge < -0.3 is 14.2 Å². The second-order valence-electron chi connectivity index (χ2n) is 19.9. The molecule has 0 radical (unpaired) electrons. The van der Waals surface area contributed by atoms with Crippen LogP contribution in [0.5, 0.6) is 0 Å². The first-order valence-electron chi connectivity index (χ1n) is 30.2. The highest BCUT2D eigenvalue weighted by Gasteiger charge is 2.19. The molecule has 1 atom stereocenters. The lowest BCUT2D eigenvalue weighted by Gasteiger charge is -2.18. The van der Waals surface area contributed by atoms with Gasteiger partial charge in [-0.2, -0.15) is 0 Å². The number of hydrogen-bond acceptors (Lipinski definition) is 6. The highest BCUT2D eigenvalue weighted by atomic mass is 16.6. The largest absolute Gasteiger partial charge is 0.462 e. The van der Waals surface area contributed by atoms with Crippen LogP contribution in [0.25, 0.3) is 0 Å². The van der Waals surface area contributed by atoms with Crippen molar-refractivity contribution in [2.45, 2.75) is 290 Å². The number of allylic oxidation sites excluding steroid dienone is 16. The molecule has 0 bridgehead atoms. The molecule has 0 fully saturated rings. The zero-order chi connectivity index (χ0) is 52.2. The predicted octanol–water partition coefficient (Wildman–Crippen LogP) is 20.5. The molecule has 0 rings (SSSR count). The third-order valence-corrected chi connectivity index (χ3v) is 12.8. The SMILES string of the molecule is CC/C=C\C/C=C\C/C=C\C/C=C\C/C=C\CCCC(=O)OCC(COC(=O)CCCCCCCCCCC/C=C\CCCCCCCC)OC(=O)CCCCCCCCC/C=C\C/C=C\CCCCCC. The van der Waals surface area contributed by atoms with Gasteiger partial charge in [-0.1, -0.05) is 246 Å². The van der Waals surface area contributed by atoms with Crippen molar-refractivity contribution < 1.29 is 28.6 Å². The first-order valence-corrected chi connectivity index (χ1v) is 30.2. The van der Waals surface area contributed by atoms with E-state index in [0.29, 0.717) is 19.3 Å². The van der Waals surface area contributed by atoms with Crippen LogP contribution in [0.4, 0.5) is 0 Å². The van der Waals surface area contributed by atoms with Crippen LogP contribution in [0, 0.1) is 0 Å². The Morgan fingerprint density at radius 3 is 0.931 bits per heavy atom. The van der Waals surface area contributed by atoms with E-state index in [4.69, 9.17) is 14.2 Å². The van der Waals surface area contributed by atoms with E-state index in [2.05, 4.69) is 118 Å². The molecule has 0 saturated heterocycles. The summed E-state index contributed by atoms with van der Waals surface area (Å²) in [5.74, 6) is -0.964. The summed E-state index contributed by atoms with van der Waals surface area (Å²) < 4.78 is 16.8. The van der Waals surface area contributed by atoms with E-state index in [1.165, 1.54) is 148 Å². The predicted molar refractivity (Wildman–Crippen MR) is 311 cm³/mol. The van der Waals surface area contributed by atoms with Gasteiger partial charge in [-0.05, 0) is 116 Å². The number of ether oxygens (including phenoxy) is 3. The molecule has 0 aliphatic heterocycles. The lowest BCUT2D eigenvalue weighted by molar-refractivity contribution is -0.167. The Bertz CT molecular complexity index is 1430. The Balaban J connectivity index is 4.47. The number of esters is 3. The van der Waals surface area contributed by atoms with Crippen LogP contribution < -0.4 is 0 Å². The summed E-state index contributed by atoms with van der Waals surface area (Å²) in [7, 11) is 0. The number of hydrogen-bond donors (Lipinski definition) is 0. The Morgan fingerprint density at radius 2 is 0.556 bits per heavy atom. The maximum absolute atomic E-state index is 12.9. The van der Waals surface area contributed by atoms with E-state index in [0.717, 1.165) is 89.9 Å². The maximum Gasteiger partial charge on any atom is 0.306 e. The summed E-state index contributed by atoms with van der Waals surface area (Å²) >= 11 is 0. The number of unbranched alkanes of at least 4 members (excludes halogenated alkanes) is 27. The van der Waals surface area contributed by atoms with E-state index < -0.39 is 6.10 Å². The first-order chi connectivity index (χ1) is 35.5. The van der Waals surface area contributed by atoms with Crippen molar-refractivity contribution in [1.29, 1.82) is 0 Å². The second kappa shape index (κ2) is 59.9. The minimum absolute atomic E-state index is 0.0994. The summed E-state index contributed by atoms with van der Waals surface area (Å²) in [6.45, 7) is 6.47. The zero-order valence-corrected chi connectivity index (χ0v) is 47.2. The summed E-state index contributed by atoms with van der Waals surface area (Å²) in [6.07, 6.45) is 79.7. The fraction of sp³-hybridized carbons (Fsp3) is 0.712. The average Bonchev–Trinajstić information content (AvgIpc) is 3.38. The lowest BCUT2D eigenvalue weighted by Crippen LogP contribution is -2.30. The maximum atomic E-state index is 12.9. The van der Waals surface area contributed by atoms with E-state index >= 15 is 0 Å². The monoisotopic (exact) mass is 1000 g/mol. The molecule has 0 amide bonds. The Kier molecular flexibility index (Phi) is 56.8. The van der Waals surface area contributed by atoms with Crippen molar-refractivity contribution in [1.82, 2.24) is 0 Å². The van der Waals surface area contributed by atoms with E-state index in [1.807, 2.05) is 0 Å². The molecule has 0 aliphatic carbocycles. The molecule has 0 spiro atoms. The standard InChI is InChI=1S/C66H112O6/c1-4-7-10-13-16-19-22-25-28-31-33-36-38-41-44-47-50-53-56-59-65(68)71-62-63(61-70-64(67)58-55-52-49-46-43-40-37-34-30-27-24-21-18-15-12-9-6-3)72-66(69)60-57-54-51-48-45-42-39-35-32-29-26-23-20-17-14-11-8-5-2/h9,12,18,20-21,23,25,27-30,32,37,40,46,49,63H,4-8,10-11,13-17,19,22,24,26,31,33-36,38-39,41-45,47-48,50-62H2,1-3H3/b12-9-,21-18-,23-20-,28-25-,30-27-,32-29-,40-37-,49-46-. The molecule has 72 heavy (non-hydrogen) atoms. The van der Waals surface area contributed by atoms with Crippen molar-refractivity contribution in [3.63, 3.8) is 0 Å². The van der Waals surface area contributed by atoms with E-state index in [9.17, 15) is 14.4 Å². The van der Waals surface area contributed by atoms with Gasteiger partial charge in [-0.25, -0.2) is 0 Å². The molecule has 0 aromatic carbocycles. The van der Waals surface area contributed by atoms with Crippen molar-refractivity contribution in [3.8, 4) is 0 Å².